The van der Waals surface area contributed by atoms with Crippen molar-refractivity contribution in [2.24, 2.45) is 5.92 Å². The predicted molar refractivity (Wildman–Crippen MR) is 94.5 cm³/mol. The van der Waals surface area contributed by atoms with Gasteiger partial charge < -0.3 is 0 Å². The van der Waals surface area contributed by atoms with Crippen LogP contribution in [0.1, 0.15) is 69.9 Å². The molecule has 0 saturated carbocycles. The Morgan fingerprint density at radius 1 is 1.18 bits per heavy atom. The van der Waals surface area contributed by atoms with Crippen molar-refractivity contribution in [2.75, 3.05) is 0 Å². The smallest absolute Gasteiger partial charge is 0.134 e. The molecule has 1 unspecified atom stereocenters. The Morgan fingerprint density at radius 3 is 2.64 bits per heavy atom. The van der Waals surface area contributed by atoms with Gasteiger partial charge in [-0.25, -0.2) is 0 Å². The molecule has 0 bridgehead atoms. The van der Waals surface area contributed by atoms with Crippen LogP contribution in [0.3, 0.4) is 0 Å². The van der Waals surface area contributed by atoms with Gasteiger partial charge in [-0.3, -0.25) is 4.79 Å². The highest BCUT2D eigenvalue weighted by Gasteiger charge is 1.99. The molecular formula is C21H29O. The van der Waals surface area contributed by atoms with Crippen LogP contribution in [0.15, 0.2) is 24.3 Å². The van der Waals surface area contributed by atoms with Crippen LogP contribution < -0.4 is 0 Å². The molecule has 0 spiro atoms. The fourth-order valence-corrected chi connectivity index (χ4v) is 2.48. The van der Waals surface area contributed by atoms with Crippen molar-refractivity contribution in [2.45, 2.75) is 65.2 Å². The Balaban J connectivity index is 2.37. The van der Waals surface area contributed by atoms with Crippen molar-refractivity contribution in [3.63, 3.8) is 0 Å². The van der Waals surface area contributed by atoms with E-state index >= 15 is 0 Å². The van der Waals surface area contributed by atoms with Crippen LogP contribution in [-0.4, -0.2) is 5.78 Å². The molecular weight excluding hydrogens is 268 g/mol. The summed E-state index contributed by atoms with van der Waals surface area (Å²) in [6.07, 6.45) is 9.41. The summed E-state index contributed by atoms with van der Waals surface area (Å²) >= 11 is 0. The lowest BCUT2D eigenvalue weighted by Gasteiger charge is -2.04. The molecule has 0 N–H and O–H groups in total. The second kappa shape index (κ2) is 11.1. The molecule has 0 aliphatic rings. The quantitative estimate of drug-likeness (QED) is 0.442. The molecule has 1 atom stereocenters. The normalized spacial score (nSPS) is 11.6. The molecule has 0 amide bonds. The number of carbonyl (C=O) groups is 1. The highest BCUT2D eigenvalue weighted by molar-refractivity contribution is 5.78. The number of hydrogen-bond acceptors (Lipinski definition) is 1. The Kier molecular flexibility index (Phi) is 9.31. The Labute approximate surface area is 136 Å². The van der Waals surface area contributed by atoms with Crippen molar-refractivity contribution in [3.8, 4) is 11.8 Å². The summed E-state index contributed by atoms with van der Waals surface area (Å²) in [5.74, 6) is 6.81. The predicted octanol–water partition coefficient (Wildman–Crippen LogP) is 5.37. The molecule has 0 fully saturated rings. The Bertz CT molecular complexity index is 504. The molecule has 22 heavy (non-hydrogen) atoms. The maximum absolute atomic E-state index is 11.2. The Morgan fingerprint density at radius 2 is 1.91 bits per heavy atom. The zero-order valence-corrected chi connectivity index (χ0v) is 14.2. The second-order valence-electron chi connectivity index (χ2n) is 6.10. The van der Waals surface area contributed by atoms with Crippen molar-refractivity contribution in [1.29, 1.82) is 0 Å². The van der Waals surface area contributed by atoms with Crippen molar-refractivity contribution in [3.05, 3.63) is 42.3 Å². The third kappa shape index (κ3) is 8.67. The minimum atomic E-state index is 0.184. The monoisotopic (exact) mass is 297 g/mol. The number of hydrogen-bond donors (Lipinski definition) is 0. The number of carbonyl (C=O) groups excluding carboxylic acids is 1. The first-order valence-corrected chi connectivity index (χ1v) is 8.54. The molecule has 119 valence electrons. The molecule has 0 aliphatic carbocycles. The fourth-order valence-electron chi connectivity index (χ4n) is 2.48. The van der Waals surface area contributed by atoms with E-state index in [9.17, 15) is 4.79 Å². The number of Topliss-reactive ketones (excluding diaryl/α,β-unsaturated/α-hetero) is 1. The minimum absolute atomic E-state index is 0.184. The topological polar surface area (TPSA) is 17.1 Å². The molecule has 0 saturated heterocycles. The van der Waals surface area contributed by atoms with E-state index in [-0.39, 0.29) is 11.7 Å². The van der Waals surface area contributed by atoms with Gasteiger partial charge in [-0.15, -0.1) is 0 Å². The molecule has 1 rings (SSSR count). The van der Waals surface area contributed by atoms with E-state index in [0.717, 1.165) is 17.5 Å². The van der Waals surface area contributed by atoms with Crippen LogP contribution in [0.25, 0.3) is 0 Å². The largest absolute Gasteiger partial charge is 0.300 e. The van der Waals surface area contributed by atoms with Crippen LogP contribution in [0.5, 0.6) is 0 Å². The van der Waals surface area contributed by atoms with Gasteiger partial charge in [0.25, 0.3) is 0 Å². The van der Waals surface area contributed by atoms with Gasteiger partial charge in [0.2, 0.25) is 0 Å². The maximum Gasteiger partial charge on any atom is 0.134 e. The first kappa shape index (κ1) is 18.5. The maximum atomic E-state index is 11.2. The zero-order chi connectivity index (χ0) is 16.2. The first-order valence-electron chi connectivity index (χ1n) is 8.54. The molecule has 1 nitrogen and oxygen atoms in total. The minimum Gasteiger partial charge on any atom is -0.300 e. The molecule has 1 heteroatoms. The lowest BCUT2D eigenvalue weighted by Crippen LogP contribution is -1.96. The first-order chi connectivity index (χ1) is 10.6. The van der Waals surface area contributed by atoms with E-state index in [1.807, 2.05) is 24.3 Å². The van der Waals surface area contributed by atoms with E-state index in [0.29, 0.717) is 6.42 Å². The summed E-state index contributed by atoms with van der Waals surface area (Å²) in [7, 11) is 0. The summed E-state index contributed by atoms with van der Waals surface area (Å²) in [6, 6.07) is 7.94. The highest BCUT2D eigenvalue weighted by atomic mass is 16.1. The van der Waals surface area contributed by atoms with E-state index in [4.69, 9.17) is 0 Å². The third-order valence-electron chi connectivity index (χ3n) is 3.71. The van der Waals surface area contributed by atoms with Crippen LogP contribution in [0.4, 0.5) is 0 Å². The van der Waals surface area contributed by atoms with Crippen LogP contribution >= 0.6 is 0 Å². The Hall–Kier alpha value is -1.55. The van der Waals surface area contributed by atoms with Crippen molar-refractivity contribution >= 4 is 5.78 Å². The lowest BCUT2D eigenvalue weighted by molar-refractivity contribution is -0.116. The summed E-state index contributed by atoms with van der Waals surface area (Å²) in [5.41, 5.74) is 2.02. The average molecular weight is 297 g/mol. The standard InChI is InChI=1S/C21H29O/c1-4-5-6-7-8-9-11-18(2)14-15-20-12-10-13-21(17-20)16-19(3)22/h10,12-13,17-18H,2,4-9,11,16H2,1,3H3. The lowest BCUT2D eigenvalue weighted by atomic mass is 10.0. The third-order valence-corrected chi connectivity index (χ3v) is 3.71. The SMILES string of the molecule is [CH2]C(C#Cc1cccc(CC(C)=O)c1)CCCCCCCC. The number of benzene rings is 1. The van der Waals surface area contributed by atoms with Crippen LogP contribution in [0.2, 0.25) is 0 Å². The molecule has 0 aliphatic heterocycles. The summed E-state index contributed by atoms with van der Waals surface area (Å²) < 4.78 is 0. The van der Waals surface area contributed by atoms with Crippen molar-refractivity contribution < 1.29 is 4.79 Å². The molecule has 1 aromatic carbocycles. The highest BCUT2D eigenvalue weighted by Crippen LogP contribution is 2.12. The van der Waals surface area contributed by atoms with Gasteiger partial charge in [0.15, 0.2) is 0 Å². The number of rotatable bonds is 9. The average Bonchev–Trinajstić information content (AvgIpc) is 2.48. The van der Waals surface area contributed by atoms with Gasteiger partial charge in [-0.2, -0.15) is 0 Å². The number of ketones is 1. The zero-order valence-electron chi connectivity index (χ0n) is 14.2. The molecule has 1 radical (unpaired) electrons. The van der Waals surface area contributed by atoms with Crippen LogP contribution in [-0.2, 0) is 11.2 Å². The van der Waals surface area contributed by atoms with E-state index < -0.39 is 0 Å². The second-order valence-corrected chi connectivity index (χ2v) is 6.10. The fraction of sp³-hybridized carbons (Fsp3) is 0.524. The van der Waals surface area contributed by atoms with Gasteiger partial charge in [-0.1, -0.05) is 69.4 Å². The van der Waals surface area contributed by atoms with Gasteiger partial charge in [0.1, 0.15) is 5.78 Å². The molecule has 0 heterocycles. The van der Waals surface area contributed by atoms with E-state index in [1.165, 1.54) is 38.5 Å². The van der Waals surface area contributed by atoms with Gasteiger partial charge >= 0.3 is 0 Å². The summed E-state index contributed by atoms with van der Waals surface area (Å²) in [6.45, 7) is 7.99. The van der Waals surface area contributed by atoms with Crippen LogP contribution in [0, 0.1) is 24.7 Å². The van der Waals surface area contributed by atoms with Gasteiger partial charge in [0, 0.05) is 17.9 Å². The van der Waals surface area contributed by atoms with E-state index in [1.54, 1.807) is 6.92 Å². The number of unbranched alkanes of at least 4 members (excludes halogenated alkanes) is 5. The van der Waals surface area contributed by atoms with Gasteiger partial charge in [0.05, 0.1) is 0 Å². The van der Waals surface area contributed by atoms with Gasteiger partial charge in [-0.05, 0) is 38.0 Å². The summed E-state index contributed by atoms with van der Waals surface area (Å²) in [5, 5.41) is 0. The van der Waals surface area contributed by atoms with E-state index in [2.05, 4.69) is 25.7 Å². The molecule has 1 aromatic rings. The summed E-state index contributed by atoms with van der Waals surface area (Å²) in [4.78, 5) is 11.2. The molecule has 0 aromatic heterocycles. The van der Waals surface area contributed by atoms with Crippen molar-refractivity contribution in [1.82, 2.24) is 0 Å².